The van der Waals surface area contributed by atoms with Crippen molar-refractivity contribution in [2.75, 3.05) is 18.4 Å². The fourth-order valence-corrected chi connectivity index (χ4v) is 4.93. The number of benzene rings is 3. The molecule has 3 aromatic carbocycles. The minimum Gasteiger partial charge on any atom is -0.348 e. The first kappa shape index (κ1) is 25.9. The summed E-state index contributed by atoms with van der Waals surface area (Å²) < 4.78 is 26.6. The maximum absolute atomic E-state index is 12.7. The molecule has 0 bridgehead atoms. The van der Waals surface area contributed by atoms with Gasteiger partial charge in [-0.1, -0.05) is 68.4 Å². The Balaban J connectivity index is 1.64. The van der Waals surface area contributed by atoms with E-state index in [1.54, 1.807) is 56.3 Å². The Hall–Kier alpha value is -3.75. The minimum atomic E-state index is -3.53. The zero-order valence-electron chi connectivity index (χ0n) is 19.8. The lowest BCUT2D eigenvalue weighted by Crippen LogP contribution is -2.30. The summed E-state index contributed by atoms with van der Waals surface area (Å²) in [5, 5.41) is 5.60. The van der Waals surface area contributed by atoms with Crippen LogP contribution in [0.25, 0.3) is 6.08 Å². The first-order valence-electron chi connectivity index (χ1n) is 11.4. The van der Waals surface area contributed by atoms with Gasteiger partial charge in [0.15, 0.2) is 0 Å². The molecule has 0 unspecified atom stereocenters. The van der Waals surface area contributed by atoms with Crippen molar-refractivity contribution in [2.24, 2.45) is 0 Å². The zero-order chi connectivity index (χ0) is 25.3. The number of para-hydroxylation sites is 1. The van der Waals surface area contributed by atoms with E-state index in [1.165, 1.54) is 22.5 Å². The van der Waals surface area contributed by atoms with E-state index < -0.39 is 15.9 Å². The first-order chi connectivity index (χ1) is 16.8. The standard InChI is InChI=1S/C27H29N3O4S/c1-3-30(4-2)35(33,34)23-17-14-21(15-18-23)16-19-26(31)29-25-13-9-8-12-24(25)27(32)28-20-22-10-6-5-7-11-22/h5-19H,3-4,20H2,1-2H3,(H,28,32)(H,29,31)/b19-16+. The SMILES string of the molecule is CCN(CC)S(=O)(=O)c1ccc(/C=C/C(=O)Nc2ccccc2C(=O)NCc2ccccc2)cc1. The fourth-order valence-electron chi connectivity index (χ4n) is 3.47. The lowest BCUT2D eigenvalue weighted by Gasteiger charge is -2.18. The molecule has 35 heavy (non-hydrogen) atoms. The quantitative estimate of drug-likeness (QED) is 0.414. The van der Waals surface area contributed by atoms with E-state index in [0.29, 0.717) is 36.4 Å². The number of anilines is 1. The van der Waals surface area contributed by atoms with Crippen LogP contribution >= 0.6 is 0 Å². The molecule has 3 rings (SSSR count). The Morgan fingerprint density at radius 3 is 2.14 bits per heavy atom. The molecular formula is C27H29N3O4S. The van der Waals surface area contributed by atoms with Crippen LogP contribution in [0, 0.1) is 0 Å². The molecule has 0 saturated carbocycles. The Bertz CT molecular complexity index is 1280. The number of carbonyl (C=O) groups is 2. The van der Waals surface area contributed by atoms with Gasteiger partial charge >= 0.3 is 0 Å². The Labute approximate surface area is 206 Å². The van der Waals surface area contributed by atoms with Crippen LogP contribution in [0.4, 0.5) is 5.69 Å². The number of rotatable bonds is 10. The van der Waals surface area contributed by atoms with E-state index in [-0.39, 0.29) is 10.8 Å². The third-order valence-electron chi connectivity index (χ3n) is 5.38. The van der Waals surface area contributed by atoms with Gasteiger partial charge in [0.25, 0.3) is 5.91 Å². The summed E-state index contributed by atoms with van der Waals surface area (Å²) >= 11 is 0. The van der Waals surface area contributed by atoms with Crippen molar-refractivity contribution in [1.29, 1.82) is 0 Å². The van der Waals surface area contributed by atoms with Gasteiger partial charge in [0.05, 0.1) is 16.1 Å². The molecule has 0 spiro atoms. The van der Waals surface area contributed by atoms with Crippen LogP contribution < -0.4 is 10.6 Å². The first-order valence-corrected chi connectivity index (χ1v) is 12.8. The lowest BCUT2D eigenvalue weighted by atomic mass is 10.1. The second kappa shape index (κ2) is 12.1. The van der Waals surface area contributed by atoms with Crippen molar-refractivity contribution >= 4 is 33.6 Å². The molecule has 0 saturated heterocycles. The third-order valence-corrected chi connectivity index (χ3v) is 7.44. The molecule has 0 radical (unpaired) electrons. The zero-order valence-corrected chi connectivity index (χ0v) is 20.6. The average molecular weight is 492 g/mol. The minimum absolute atomic E-state index is 0.207. The molecular weight excluding hydrogens is 462 g/mol. The topological polar surface area (TPSA) is 95.6 Å². The normalized spacial score (nSPS) is 11.5. The van der Waals surface area contributed by atoms with E-state index in [0.717, 1.165) is 5.56 Å². The van der Waals surface area contributed by atoms with Crippen LogP contribution in [0.1, 0.15) is 35.3 Å². The van der Waals surface area contributed by atoms with Gasteiger partial charge in [-0.15, -0.1) is 0 Å². The van der Waals surface area contributed by atoms with E-state index in [2.05, 4.69) is 10.6 Å². The Morgan fingerprint density at radius 1 is 0.857 bits per heavy atom. The number of hydrogen-bond acceptors (Lipinski definition) is 4. The van der Waals surface area contributed by atoms with Gasteiger partial charge in [-0.3, -0.25) is 9.59 Å². The van der Waals surface area contributed by atoms with Crippen LogP contribution in [-0.4, -0.2) is 37.6 Å². The molecule has 7 nitrogen and oxygen atoms in total. The number of carbonyl (C=O) groups excluding carboxylic acids is 2. The highest BCUT2D eigenvalue weighted by atomic mass is 32.2. The molecule has 0 heterocycles. The highest BCUT2D eigenvalue weighted by Crippen LogP contribution is 2.18. The van der Waals surface area contributed by atoms with Gasteiger partial charge < -0.3 is 10.6 Å². The summed E-state index contributed by atoms with van der Waals surface area (Å²) in [4.78, 5) is 25.4. The predicted octanol–water partition coefficient (Wildman–Crippen LogP) is 4.30. The van der Waals surface area contributed by atoms with Crippen LogP contribution in [0.2, 0.25) is 0 Å². The molecule has 0 atom stereocenters. The van der Waals surface area contributed by atoms with Crippen molar-refractivity contribution in [1.82, 2.24) is 9.62 Å². The number of nitrogens with one attached hydrogen (secondary N) is 2. The molecule has 0 fully saturated rings. The van der Waals surface area contributed by atoms with Crippen molar-refractivity contribution in [3.05, 3.63) is 102 Å². The van der Waals surface area contributed by atoms with Crippen LogP contribution in [-0.2, 0) is 21.4 Å². The van der Waals surface area contributed by atoms with Crippen LogP contribution in [0.3, 0.4) is 0 Å². The summed E-state index contributed by atoms with van der Waals surface area (Å²) in [5.74, 6) is -0.702. The number of hydrogen-bond donors (Lipinski definition) is 2. The largest absolute Gasteiger partial charge is 0.348 e. The molecule has 182 valence electrons. The molecule has 0 aliphatic carbocycles. The summed E-state index contributed by atoms with van der Waals surface area (Å²) in [5.41, 5.74) is 2.40. The maximum atomic E-state index is 12.7. The van der Waals surface area contributed by atoms with Crippen molar-refractivity contribution in [3.8, 4) is 0 Å². The molecule has 2 N–H and O–H groups in total. The Morgan fingerprint density at radius 2 is 1.49 bits per heavy atom. The smallest absolute Gasteiger partial charge is 0.253 e. The molecule has 0 aromatic heterocycles. The Kier molecular flexibility index (Phi) is 8.94. The summed E-state index contributed by atoms with van der Waals surface area (Å²) in [7, 11) is -3.53. The number of nitrogens with zero attached hydrogens (tertiary/aromatic N) is 1. The summed E-state index contributed by atoms with van der Waals surface area (Å²) in [6, 6.07) is 22.7. The molecule has 0 aliphatic heterocycles. The second-order valence-corrected chi connectivity index (χ2v) is 9.63. The highest BCUT2D eigenvalue weighted by molar-refractivity contribution is 7.89. The highest BCUT2D eigenvalue weighted by Gasteiger charge is 2.21. The molecule has 8 heteroatoms. The predicted molar refractivity (Wildman–Crippen MR) is 138 cm³/mol. The van der Waals surface area contributed by atoms with Crippen LogP contribution in [0.5, 0.6) is 0 Å². The summed E-state index contributed by atoms with van der Waals surface area (Å²) in [6.07, 6.45) is 2.92. The van der Waals surface area contributed by atoms with E-state index in [9.17, 15) is 18.0 Å². The number of sulfonamides is 1. The molecule has 3 aromatic rings. The average Bonchev–Trinajstić information content (AvgIpc) is 2.88. The van der Waals surface area contributed by atoms with Gasteiger partial charge in [0.2, 0.25) is 15.9 Å². The lowest BCUT2D eigenvalue weighted by molar-refractivity contribution is -0.111. The monoisotopic (exact) mass is 491 g/mol. The van der Waals surface area contributed by atoms with Crippen molar-refractivity contribution < 1.29 is 18.0 Å². The van der Waals surface area contributed by atoms with E-state index in [1.807, 2.05) is 30.3 Å². The second-order valence-electron chi connectivity index (χ2n) is 7.69. The summed E-state index contributed by atoms with van der Waals surface area (Å²) in [6.45, 7) is 4.75. The van der Waals surface area contributed by atoms with Crippen molar-refractivity contribution in [2.45, 2.75) is 25.3 Å². The number of amides is 2. The maximum Gasteiger partial charge on any atom is 0.253 e. The fraction of sp³-hybridized carbons (Fsp3) is 0.185. The third kappa shape index (κ3) is 6.88. The van der Waals surface area contributed by atoms with E-state index in [4.69, 9.17) is 0 Å². The van der Waals surface area contributed by atoms with E-state index >= 15 is 0 Å². The van der Waals surface area contributed by atoms with Gasteiger partial charge in [0.1, 0.15) is 0 Å². The van der Waals surface area contributed by atoms with Gasteiger partial charge in [-0.05, 0) is 41.5 Å². The molecule has 2 amide bonds. The van der Waals surface area contributed by atoms with Gasteiger partial charge in [0, 0.05) is 25.7 Å². The molecule has 0 aliphatic rings. The van der Waals surface area contributed by atoms with Gasteiger partial charge in [-0.25, -0.2) is 8.42 Å². The van der Waals surface area contributed by atoms with Gasteiger partial charge in [-0.2, -0.15) is 4.31 Å². The van der Waals surface area contributed by atoms with Crippen LogP contribution in [0.15, 0.2) is 89.8 Å². The van der Waals surface area contributed by atoms with Crippen molar-refractivity contribution in [3.63, 3.8) is 0 Å².